The van der Waals surface area contributed by atoms with Gasteiger partial charge in [0, 0.05) is 107 Å². The lowest BCUT2D eigenvalue weighted by Crippen LogP contribution is -1.57. The van der Waals surface area contributed by atoms with Gasteiger partial charge in [-0.2, -0.15) is 0 Å². The Morgan fingerprint density at radius 2 is 0.211 bits per heavy atom. The second-order valence-electron chi connectivity index (χ2n) is 4.75. The van der Waals surface area contributed by atoms with Gasteiger partial charge in [-0.05, 0) is 109 Å². The van der Waals surface area contributed by atoms with Crippen molar-refractivity contribution in [3.63, 3.8) is 0 Å². The minimum atomic E-state index is 1.69. The van der Waals surface area contributed by atoms with Crippen LogP contribution in [0.4, 0.5) is 0 Å². The Morgan fingerprint density at radius 1 is 0.132 bits per heavy atom. The molecule has 0 unspecified atom stereocenters. The zero-order valence-electron chi connectivity index (χ0n) is 20.0. The van der Waals surface area contributed by atoms with Gasteiger partial charge < -0.3 is 0 Å². The summed E-state index contributed by atoms with van der Waals surface area (Å²) in [5.74, 6) is 90.6. The first-order chi connectivity index (χ1) is 18.9. The van der Waals surface area contributed by atoms with Gasteiger partial charge in [-0.25, -0.2) is 0 Å². The SMILES string of the molecule is CC#CC#CC#CC#CC#CC#CC#CC#CC#CC#CC#CC#CC#CC#CC#CC#CC#CC#CC. The summed E-state index contributed by atoms with van der Waals surface area (Å²) in [6.07, 6.45) is 0. The van der Waals surface area contributed by atoms with Crippen LogP contribution in [-0.4, -0.2) is 0 Å². The van der Waals surface area contributed by atoms with E-state index < -0.39 is 0 Å². The fourth-order valence-electron chi connectivity index (χ4n) is 1.12. The highest BCUT2D eigenvalue weighted by Crippen LogP contribution is 1.61. The minimum absolute atomic E-state index is 1.69. The van der Waals surface area contributed by atoms with Crippen LogP contribution in [0.15, 0.2) is 0 Å². The molecule has 0 aliphatic carbocycles. The minimum Gasteiger partial charge on any atom is -0.0925 e. The lowest BCUT2D eigenvalue weighted by atomic mass is 10.4. The van der Waals surface area contributed by atoms with E-state index in [1.54, 1.807) is 13.8 Å². The van der Waals surface area contributed by atoms with E-state index in [0.29, 0.717) is 0 Å². The second kappa shape index (κ2) is 29.1. The van der Waals surface area contributed by atoms with Gasteiger partial charge in [0.1, 0.15) is 0 Å². The van der Waals surface area contributed by atoms with Gasteiger partial charge in [-0.1, -0.05) is 11.8 Å². The zero-order chi connectivity index (χ0) is 27.5. The molecule has 0 radical (unpaired) electrons. The third-order valence-corrected chi connectivity index (χ3v) is 2.31. The summed E-state index contributed by atoms with van der Waals surface area (Å²) in [5.41, 5.74) is 0. The Bertz CT molecular complexity index is 1960. The van der Waals surface area contributed by atoms with E-state index in [-0.39, 0.29) is 0 Å². The fourth-order valence-corrected chi connectivity index (χ4v) is 1.12. The maximum atomic E-state index is 2.63. The van der Waals surface area contributed by atoms with Crippen LogP contribution in [0, 0.1) is 213 Å². The van der Waals surface area contributed by atoms with E-state index in [0.717, 1.165) is 0 Å². The van der Waals surface area contributed by atoms with Gasteiger partial charge in [-0.3, -0.25) is 0 Å². The van der Waals surface area contributed by atoms with Crippen molar-refractivity contribution in [3.8, 4) is 213 Å². The summed E-state index contributed by atoms with van der Waals surface area (Å²) >= 11 is 0. The topological polar surface area (TPSA) is 0 Å². The van der Waals surface area contributed by atoms with Crippen molar-refractivity contribution in [1.82, 2.24) is 0 Å². The van der Waals surface area contributed by atoms with Crippen LogP contribution in [-0.2, 0) is 0 Å². The quantitative estimate of drug-likeness (QED) is 0.473. The van der Waals surface area contributed by atoms with E-state index in [2.05, 4.69) is 213 Å². The molecule has 0 aromatic rings. The van der Waals surface area contributed by atoms with E-state index >= 15 is 0 Å². The summed E-state index contributed by atoms with van der Waals surface area (Å²) in [7, 11) is 0. The molecule has 0 N–H and O–H groups in total. The molecule has 0 atom stereocenters. The average Bonchev–Trinajstić information content (AvgIpc) is 2.93. The van der Waals surface area contributed by atoms with E-state index in [4.69, 9.17) is 0 Å². The van der Waals surface area contributed by atoms with Crippen molar-refractivity contribution in [1.29, 1.82) is 0 Å². The molecule has 158 valence electrons. The first-order valence-electron chi connectivity index (χ1n) is 9.75. The van der Waals surface area contributed by atoms with E-state index in [1.807, 2.05) is 0 Å². The van der Waals surface area contributed by atoms with Crippen molar-refractivity contribution in [2.45, 2.75) is 13.8 Å². The van der Waals surface area contributed by atoms with Gasteiger partial charge >= 0.3 is 0 Å². The molecule has 0 saturated heterocycles. The molecule has 0 fully saturated rings. The molecular formula is C38H6. The maximum absolute atomic E-state index is 2.63. The van der Waals surface area contributed by atoms with E-state index in [1.165, 1.54) is 0 Å². The Labute approximate surface area is 226 Å². The zero-order valence-corrected chi connectivity index (χ0v) is 20.0. The van der Waals surface area contributed by atoms with E-state index in [9.17, 15) is 0 Å². The lowest BCUT2D eigenvalue weighted by molar-refractivity contribution is 1.92. The Balaban J connectivity index is 4.51. The molecule has 0 nitrogen and oxygen atoms in total. The van der Waals surface area contributed by atoms with Crippen molar-refractivity contribution in [3.05, 3.63) is 0 Å². The molecule has 0 amide bonds. The van der Waals surface area contributed by atoms with Gasteiger partial charge in [0.2, 0.25) is 0 Å². The molecule has 38 heavy (non-hydrogen) atoms. The largest absolute Gasteiger partial charge is 0.0925 e. The van der Waals surface area contributed by atoms with Crippen LogP contribution in [0.25, 0.3) is 0 Å². The fraction of sp³-hybridized carbons (Fsp3) is 0.0526. The Morgan fingerprint density at radius 3 is 0.289 bits per heavy atom. The highest BCUT2D eigenvalue weighted by molar-refractivity contribution is 5.49. The highest BCUT2D eigenvalue weighted by Gasteiger charge is 1.60. The second-order valence-corrected chi connectivity index (χ2v) is 4.75. The lowest BCUT2D eigenvalue weighted by Gasteiger charge is -1.57. The molecular weight excluding hydrogens is 456 g/mol. The van der Waals surface area contributed by atoms with Crippen LogP contribution in [0.1, 0.15) is 13.8 Å². The third-order valence-electron chi connectivity index (χ3n) is 2.31. The van der Waals surface area contributed by atoms with Crippen LogP contribution in [0.3, 0.4) is 0 Å². The molecule has 0 heterocycles. The monoisotopic (exact) mass is 462 g/mol. The summed E-state index contributed by atoms with van der Waals surface area (Å²) in [6.45, 7) is 3.38. The van der Waals surface area contributed by atoms with Crippen molar-refractivity contribution in [2.75, 3.05) is 0 Å². The smallest absolute Gasteiger partial charge is 0 e. The number of hydrogen-bond donors (Lipinski definition) is 0. The molecule has 0 aromatic heterocycles. The molecule has 0 aliphatic rings. The van der Waals surface area contributed by atoms with Gasteiger partial charge in [0.05, 0.1) is 0 Å². The highest BCUT2D eigenvalue weighted by atomic mass is 13.6. The van der Waals surface area contributed by atoms with Gasteiger partial charge in [0.25, 0.3) is 0 Å². The predicted molar refractivity (Wildman–Crippen MR) is 151 cm³/mol. The molecule has 0 spiro atoms. The number of rotatable bonds is 0. The summed E-state index contributed by atoms with van der Waals surface area (Å²) in [4.78, 5) is 0. The van der Waals surface area contributed by atoms with Crippen LogP contribution < -0.4 is 0 Å². The number of hydrogen-bond acceptors (Lipinski definition) is 0. The first kappa shape index (κ1) is 30.1. The van der Waals surface area contributed by atoms with Gasteiger partial charge in [0.15, 0.2) is 0 Å². The predicted octanol–water partition coefficient (Wildman–Crippen LogP) is 1.09. The molecule has 0 aliphatic heterocycles. The Hall–Kier alpha value is -7.92. The van der Waals surface area contributed by atoms with Crippen molar-refractivity contribution < 1.29 is 0 Å². The molecule has 0 aromatic carbocycles. The Kier molecular flexibility index (Phi) is 23.0. The third kappa shape index (κ3) is 28.1. The molecule has 0 heteroatoms. The molecule has 0 bridgehead atoms. The average molecular weight is 462 g/mol. The normalized spacial score (nSPS) is 3.95. The first-order valence-corrected chi connectivity index (χ1v) is 9.75. The molecule has 0 saturated carbocycles. The van der Waals surface area contributed by atoms with Gasteiger partial charge in [-0.15, -0.1) is 0 Å². The standard InChI is InChI=1S/C38H6/c1-3-5-7-9-11-13-15-17-19-21-23-25-27-29-31-33-35-37-38-36-34-32-30-28-26-24-22-20-18-16-14-12-10-8-6-4-2/h1-2H3. The van der Waals surface area contributed by atoms with Crippen LogP contribution >= 0.6 is 0 Å². The maximum Gasteiger partial charge on any atom is 0 e. The van der Waals surface area contributed by atoms with Crippen molar-refractivity contribution >= 4 is 0 Å². The van der Waals surface area contributed by atoms with Crippen molar-refractivity contribution in [2.24, 2.45) is 0 Å². The van der Waals surface area contributed by atoms with Crippen LogP contribution in [0.5, 0.6) is 0 Å². The molecule has 0 rings (SSSR count). The van der Waals surface area contributed by atoms with Crippen LogP contribution in [0.2, 0.25) is 0 Å². The summed E-state index contributed by atoms with van der Waals surface area (Å²) < 4.78 is 0. The summed E-state index contributed by atoms with van der Waals surface area (Å²) in [6, 6.07) is 0. The summed E-state index contributed by atoms with van der Waals surface area (Å²) in [5, 5.41) is 0.